The van der Waals surface area contributed by atoms with E-state index in [1.807, 2.05) is 0 Å². The lowest BCUT2D eigenvalue weighted by Crippen LogP contribution is -2.28. The number of furan rings is 1. The molecule has 0 aliphatic carbocycles. The average Bonchev–Trinajstić information content (AvgIpc) is 3.06. The number of nitrogens with one attached hydrogen (secondary N) is 1. The van der Waals surface area contributed by atoms with Crippen molar-refractivity contribution in [2.24, 2.45) is 0 Å². The van der Waals surface area contributed by atoms with E-state index < -0.39 is 6.10 Å². The van der Waals surface area contributed by atoms with Crippen LogP contribution in [-0.2, 0) is 0 Å². The number of ether oxygens (including phenoxy) is 2. The summed E-state index contributed by atoms with van der Waals surface area (Å²) in [7, 11) is 3.03. The predicted molar refractivity (Wildman–Crippen MR) is 75.5 cm³/mol. The Hall–Kier alpha value is -2.47. The Bertz CT molecular complexity index is 572. The molecule has 0 aliphatic heterocycles. The number of hydrogen-bond acceptors (Lipinski definition) is 5. The van der Waals surface area contributed by atoms with E-state index in [1.165, 1.54) is 26.7 Å². The van der Waals surface area contributed by atoms with Crippen molar-refractivity contribution in [3.63, 3.8) is 0 Å². The molecule has 0 spiro atoms. The van der Waals surface area contributed by atoms with Gasteiger partial charge >= 0.3 is 0 Å². The summed E-state index contributed by atoms with van der Waals surface area (Å²) in [5.41, 5.74) is 1.00. The van der Waals surface area contributed by atoms with Crippen LogP contribution < -0.4 is 14.8 Å². The molecule has 112 valence electrons. The minimum absolute atomic E-state index is 0.0812. The van der Waals surface area contributed by atoms with Gasteiger partial charge in [-0.1, -0.05) is 0 Å². The van der Waals surface area contributed by atoms with Crippen LogP contribution in [0, 0.1) is 0 Å². The monoisotopic (exact) mass is 291 g/mol. The van der Waals surface area contributed by atoms with E-state index in [0.29, 0.717) is 22.6 Å². The molecule has 6 heteroatoms. The fourth-order valence-electron chi connectivity index (χ4n) is 1.81. The molecule has 1 aromatic carbocycles. The normalized spacial score (nSPS) is 11.8. The number of carbonyl (C=O) groups excluding carboxylic acids is 1. The van der Waals surface area contributed by atoms with Gasteiger partial charge in [0.25, 0.3) is 5.91 Å². The van der Waals surface area contributed by atoms with E-state index >= 15 is 0 Å². The maximum atomic E-state index is 12.1. The minimum Gasteiger partial charge on any atom is -0.497 e. The Balaban J connectivity index is 2.03. The second-order valence-corrected chi connectivity index (χ2v) is 4.38. The van der Waals surface area contributed by atoms with Crippen LogP contribution in [0.15, 0.2) is 41.2 Å². The highest BCUT2D eigenvalue weighted by Crippen LogP contribution is 2.22. The van der Waals surface area contributed by atoms with Crippen LogP contribution in [0.2, 0.25) is 0 Å². The van der Waals surface area contributed by atoms with Gasteiger partial charge in [0.2, 0.25) is 0 Å². The maximum absolute atomic E-state index is 12.1. The van der Waals surface area contributed by atoms with Gasteiger partial charge in [-0.25, -0.2) is 0 Å². The van der Waals surface area contributed by atoms with Crippen LogP contribution in [-0.4, -0.2) is 31.8 Å². The number of carbonyl (C=O) groups is 1. The van der Waals surface area contributed by atoms with E-state index in [0.717, 1.165) is 0 Å². The number of hydrogen-bond donors (Lipinski definition) is 2. The molecule has 1 atom stereocenters. The van der Waals surface area contributed by atoms with Crippen molar-refractivity contribution in [3.8, 4) is 11.5 Å². The summed E-state index contributed by atoms with van der Waals surface area (Å²) in [6, 6.07) is 6.52. The third kappa shape index (κ3) is 3.76. The maximum Gasteiger partial charge on any atom is 0.251 e. The molecule has 0 aliphatic rings. The Labute approximate surface area is 122 Å². The van der Waals surface area contributed by atoms with E-state index in [9.17, 15) is 9.90 Å². The highest BCUT2D eigenvalue weighted by molar-refractivity contribution is 5.95. The molecule has 2 rings (SSSR count). The molecule has 21 heavy (non-hydrogen) atoms. The molecular weight excluding hydrogens is 274 g/mol. The molecule has 0 saturated heterocycles. The lowest BCUT2D eigenvalue weighted by atomic mass is 10.1. The topological polar surface area (TPSA) is 80.9 Å². The van der Waals surface area contributed by atoms with Crippen LogP contribution in [0.25, 0.3) is 0 Å². The summed E-state index contributed by atoms with van der Waals surface area (Å²) >= 11 is 0. The van der Waals surface area contributed by atoms with Crippen molar-refractivity contribution < 1.29 is 23.8 Å². The molecule has 6 nitrogen and oxygen atoms in total. The molecule has 0 saturated carbocycles. The van der Waals surface area contributed by atoms with Crippen molar-refractivity contribution in [1.82, 2.24) is 5.32 Å². The molecule has 1 amide bonds. The minimum atomic E-state index is -0.819. The average molecular weight is 291 g/mol. The van der Waals surface area contributed by atoms with Crippen molar-refractivity contribution >= 4 is 5.91 Å². The quantitative estimate of drug-likeness (QED) is 0.847. The van der Waals surface area contributed by atoms with Crippen LogP contribution in [0.3, 0.4) is 0 Å². The first kappa shape index (κ1) is 14.9. The second-order valence-electron chi connectivity index (χ2n) is 4.38. The molecule has 0 bridgehead atoms. The first-order valence-corrected chi connectivity index (χ1v) is 6.35. The first-order valence-electron chi connectivity index (χ1n) is 6.35. The Kier molecular flexibility index (Phi) is 4.84. The van der Waals surface area contributed by atoms with Crippen molar-refractivity contribution in [2.75, 3.05) is 20.8 Å². The van der Waals surface area contributed by atoms with Crippen LogP contribution in [0.4, 0.5) is 0 Å². The van der Waals surface area contributed by atoms with Crippen LogP contribution in [0.5, 0.6) is 11.5 Å². The number of amides is 1. The van der Waals surface area contributed by atoms with Crippen LogP contribution in [0.1, 0.15) is 22.0 Å². The summed E-state index contributed by atoms with van der Waals surface area (Å²) < 4.78 is 15.1. The van der Waals surface area contributed by atoms with E-state index in [2.05, 4.69) is 5.32 Å². The van der Waals surface area contributed by atoms with Gasteiger partial charge in [0, 0.05) is 23.7 Å². The Morgan fingerprint density at radius 2 is 1.95 bits per heavy atom. The zero-order chi connectivity index (χ0) is 15.2. The number of benzene rings is 1. The molecule has 1 aromatic heterocycles. The lowest BCUT2D eigenvalue weighted by Gasteiger charge is -2.11. The van der Waals surface area contributed by atoms with Crippen molar-refractivity contribution in [2.45, 2.75) is 6.10 Å². The molecule has 2 N–H and O–H groups in total. The SMILES string of the molecule is COc1cc(OC)cc(C(=O)NC[C@@H](O)c2ccoc2)c1. The molecule has 0 radical (unpaired) electrons. The van der Waals surface area contributed by atoms with Gasteiger partial charge in [-0.2, -0.15) is 0 Å². The van der Waals surface area contributed by atoms with E-state index in [1.54, 1.807) is 24.3 Å². The van der Waals surface area contributed by atoms with Gasteiger partial charge in [-0.3, -0.25) is 4.79 Å². The number of aliphatic hydroxyl groups excluding tert-OH is 1. The summed E-state index contributed by atoms with van der Waals surface area (Å²) in [5.74, 6) is 0.722. The first-order chi connectivity index (χ1) is 10.1. The fourth-order valence-corrected chi connectivity index (χ4v) is 1.81. The second kappa shape index (κ2) is 6.81. The molecule has 1 heterocycles. The third-order valence-corrected chi connectivity index (χ3v) is 3.00. The highest BCUT2D eigenvalue weighted by atomic mass is 16.5. The van der Waals surface area contributed by atoms with Gasteiger partial charge in [0.15, 0.2) is 0 Å². The number of methoxy groups -OCH3 is 2. The Morgan fingerprint density at radius 3 is 2.48 bits per heavy atom. The van der Waals surface area contributed by atoms with Gasteiger partial charge in [0.05, 0.1) is 32.8 Å². The molecular formula is C15H17NO5. The standard InChI is InChI=1S/C15H17NO5/c1-19-12-5-11(6-13(7-12)20-2)15(18)16-8-14(17)10-3-4-21-9-10/h3-7,9,14,17H,8H2,1-2H3,(H,16,18)/t14-/m1/s1. The molecule has 2 aromatic rings. The largest absolute Gasteiger partial charge is 0.497 e. The summed E-state index contributed by atoms with van der Waals surface area (Å²) in [6.07, 6.45) is 2.08. The molecule has 0 unspecified atom stereocenters. The van der Waals surface area contributed by atoms with E-state index in [4.69, 9.17) is 13.9 Å². The summed E-state index contributed by atoms with van der Waals surface area (Å²) in [5, 5.41) is 12.5. The van der Waals surface area contributed by atoms with Gasteiger partial charge in [0.1, 0.15) is 11.5 Å². The number of aliphatic hydroxyl groups is 1. The molecule has 0 fully saturated rings. The van der Waals surface area contributed by atoms with Crippen LogP contribution >= 0.6 is 0 Å². The third-order valence-electron chi connectivity index (χ3n) is 3.00. The van der Waals surface area contributed by atoms with Gasteiger partial charge in [-0.15, -0.1) is 0 Å². The fraction of sp³-hybridized carbons (Fsp3) is 0.267. The zero-order valence-electron chi connectivity index (χ0n) is 11.8. The number of rotatable bonds is 6. The zero-order valence-corrected chi connectivity index (χ0v) is 11.8. The predicted octanol–water partition coefficient (Wildman–Crippen LogP) is 1.76. The van der Waals surface area contributed by atoms with E-state index in [-0.39, 0.29) is 12.5 Å². The smallest absolute Gasteiger partial charge is 0.251 e. The Morgan fingerprint density at radius 1 is 1.29 bits per heavy atom. The van der Waals surface area contributed by atoms with Crippen molar-refractivity contribution in [3.05, 3.63) is 47.9 Å². The van der Waals surface area contributed by atoms with Gasteiger partial charge < -0.3 is 24.3 Å². The van der Waals surface area contributed by atoms with Crippen molar-refractivity contribution in [1.29, 1.82) is 0 Å². The highest BCUT2D eigenvalue weighted by Gasteiger charge is 2.13. The summed E-state index contributed by atoms with van der Waals surface area (Å²) in [6.45, 7) is 0.0812. The lowest BCUT2D eigenvalue weighted by molar-refractivity contribution is 0.0915. The van der Waals surface area contributed by atoms with Gasteiger partial charge in [-0.05, 0) is 18.2 Å². The summed E-state index contributed by atoms with van der Waals surface area (Å²) in [4.78, 5) is 12.1.